The van der Waals surface area contributed by atoms with Crippen LogP contribution in [-0.4, -0.2) is 30.6 Å². The van der Waals surface area contributed by atoms with Gasteiger partial charge in [-0.25, -0.2) is 4.79 Å². The van der Waals surface area contributed by atoms with E-state index in [1.165, 1.54) is 24.3 Å². The van der Waals surface area contributed by atoms with Crippen molar-refractivity contribution in [1.82, 2.24) is 0 Å². The molecule has 0 amide bonds. The summed E-state index contributed by atoms with van der Waals surface area (Å²) < 4.78 is 10.4. The first-order chi connectivity index (χ1) is 14.8. The smallest absolute Gasteiger partial charge is 0.340 e. The fourth-order valence-electron chi connectivity index (χ4n) is 3.12. The van der Waals surface area contributed by atoms with Gasteiger partial charge in [0.25, 0.3) is 0 Å². The monoisotopic (exact) mass is 439 g/mol. The van der Waals surface area contributed by atoms with E-state index in [0.29, 0.717) is 22.0 Å². The molecule has 0 aromatic heterocycles. The zero-order chi connectivity index (χ0) is 22.5. The van der Waals surface area contributed by atoms with E-state index in [1.54, 1.807) is 39.2 Å². The van der Waals surface area contributed by atoms with Crippen molar-refractivity contribution in [2.45, 2.75) is 13.8 Å². The van der Waals surface area contributed by atoms with Crippen molar-refractivity contribution in [3.63, 3.8) is 0 Å². The summed E-state index contributed by atoms with van der Waals surface area (Å²) in [4.78, 5) is 25.7. The summed E-state index contributed by atoms with van der Waals surface area (Å²) in [5.41, 5.74) is 2.42. The number of anilines is 2. The number of benzene rings is 3. The molecular weight excluding hydrogens is 418 g/mol. The molecule has 0 aliphatic heterocycles. The maximum Gasteiger partial charge on any atom is 0.340 e. The van der Waals surface area contributed by atoms with E-state index >= 15 is 0 Å². The number of methoxy groups -OCH3 is 1. The Hall–Kier alpha value is -3.51. The van der Waals surface area contributed by atoms with Gasteiger partial charge in [0.1, 0.15) is 11.5 Å². The topological polar surface area (TPSA) is 84.9 Å². The van der Waals surface area contributed by atoms with Crippen LogP contribution in [0, 0.1) is 6.92 Å². The molecule has 0 radical (unpaired) electrons. The molecule has 3 rings (SSSR count). The number of aromatic hydroxyl groups is 1. The summed E-state index contributed by atoms with van der Waals surface area (Å²) in [6, 6.07) is 14.6. The minimum atomic E-state index is -0.563. The normalized spacial score (nSPS) is 10.5. The first-order valence-electron chi connectivity index (χ1n) is 9.60. The van der Waals surface area contributed by atoms with Gasteiger partial charge in [-0.05, 0) is 74.0 Å². The summed E-state index contributed by atoms with van der Waals surface area (Å²) >= 11 is 5.98. The summed E-state index contributed by atoms with van der Waals surface area (Å²) in [6.45, 7) is 3.68. The predicted octanol–water partition coefficient (Wildman–Crippen LogP) is 5.51. The van der Waals surface area contributed by atoms with Crippen LogP contribution in [0.1, 0.15) is 38.8 Å². The number of phenolic OH excluding ortho intramolecular Hbond substituents is 1. The van der Waals surface area contributed by atoms with Gasteiger partial charge in [0.05, 0.1) is 30.5 Å². The first kappa shape index (κ1) is 22.2. The van der Waals surface area contributed by atoms with Crippen LogP contribution < -0.4 is 10.1 Å². The molecule has 31 heavy (non-hydrogen) atoms. The lowest BCUT2D eigenvalue weighted by Crippen LogP contribution is -2.12. The number of hydrogen-bond donors (Lipinski definition) is 2. The average Bonchev–Trinajstić information content (AvgIpc) is 2.76. The highest BCUT2D eigenvalue weighted by atomic mass is 35.5. The molecule has 7 heteroatoms. The second-order valence-corrected chi connectivity index (χ2v) is 7.22. The molecular formula is C24H22ClNO5. The van der Waals surface area contributed by atoms with E-state index in [9.17, 15) is 14.7 Å². The molecule has 0 aliphatic rings. The van der Waals surface area contributed by atoms with Crippen LogP contribution in [0.5, 0.6) is 11.5 Å². The van der Waals surface area contributed by atoms with Crippen molar-refractivity contribution in [3.8, 4) is 11.5 Å². The number of ether oxygens (including phenoxy) is 2. The summed E-state index contributed by atoms with van der Waals surface area (Å²) in [7, 11) is 1.58. The first-order valence-corrected chi connectivity index (χ1v) is 9.98. The highest BCUT2D eigenvalue weighted by Gasteiger charge is 2.21. The number of aryl methyl sites for hydroxylation is 1. The minimum absolute atomic E-state index is 0.0533. The number of ketones is 1. The third-order valence-corrected chi connectivity index (χ3v) is 4.89. The van der Waals surface area contributed by atoms with Crippen molar-refractivity contribution < 1.29 is 24.2 Å². The molecule has 3 aromatic rings. The SMILES string of the molecule is CCOC(=O)c1cc(C(=O)c2cc(Cl)ccc2O)cc(C)c1Nc1ccc(OC)cc1. The molecule has 0 aliphatic carbocycles. The largest absolute Gasteiger partial charge is 0.507 e. The Morgan fingerprint density at radius 3 is 2.39 bits per heavy atom. The molecule has 0 heterocycles. The van der Waals surface area contributed by atoms with Gasteiger partial charge < -0.3 is 19.9 Å². The predicted molar refractivity (Wildman–Crippen MR) is 120 cm³/mol. The number of carbonyl (C=O) groups excluding carboxylic acids is 2. The van der Waals surface area contributed by atoms with E-state index in [1.807, 2.05) is 12.1 Å². The summed E-state index contributed by atoms with van der Waals surface area (Å²) in [5, 5.41) is 13.6. The molecule has 0 atom stereocenters. The fraction of sp³-hybridized carbons (Fsp3) is 0.167. The average molecular weight is 440 g/mol. The number of halogens is 1. The molecule has 2 N–H and O–H groups in total. The van der Waals surface area contributed by atoms with E-state index < -0.39 is 11.8 Å². The van der Waals surface area contributed by atoms with Crippen molar-refractivity contribution >= 4 is 34.7 Å². The van der Waals surface area contributed by atoms with Crippen molar-refractivity contribution in [3.05, 3.63) is 81.9 Å². The third-order valence-electron chi connectivity index (χ3n) is 4.66. The zero-order valence-electron chi connectivity index (χ0n) is 17.4. The van der Waals surface area contributed by atoms with Gasteiger partial charge >= 0.3 is 5.97 Å². The van der Waals surface area contributed by atoms with Crippen LogP contribution in [-0.2, 0) is 4.74 Å². The number of phenols is 1. The Morgan fingerprint density at radius 1 is 1.03 bits per heavy atom. The zero-order valence-corrected chi connectivity index (χ0v) is 18.1. The molecule has 0 unspecified atom stereocenters. The Labute approximate surface area is 185 Å². The van der Waals surface area contributed by atoms with Crippen LogP contribution in [0.3, 0.4) is 0 Å². The lowest BCUT2D eigenvalue weighted by Gasteiger charge is -2.16. The van der Waals surface area contributed by atoms with E-state index in [4.69, 9.17) is 21.1 Å². The molecule has 160 valence electrons. The summed E-state index contributed by atoms with van der Waals surface area (Å²) in [6.07, 6.45) is 0. The molecule has 0 fully saturated rings. The number of esters is 1. The van der Waals surface area contributed by atoms with Crippen LogP contribution in [0.4, 0.5) is 11.4 Å². The molecule has 0 spiro atoms. The van der Waals surface area contributed by atoms with Crippen molar-refractivity contribution in [2.24, 2.45) is 0 Å². The van der Waals surface area contributed by atoms with E-state index in [-0.39, 0.29) is 29.0 Å². The fourth-order valence-corrected chi connectivity index (χ4v) is 3.29. The van der Waals surface area contributed by atoms with Crippen molar-refractivity contribution in [1.29, 1.82) is 0 Å². The van der Waals surface area contributed by atoms with Crippen LogP contribution in [0.2, 0.25) is 5.02 Å². The highest BCUT2D eigenvalue weighted by molar-refractivity contribution is 6.31. The Kier molecular flexibility index (Phi) is 6.82. The second kappa shape index (κ2) is 9.53. The van der Waals surface area contributed by atoms with Gasteiger partial charge in [0.15, 0.2) is 5.78 Å². The second-order valence-electron chi connectivity index (χ2n) is 6.78. The number of hydrogen-bond acceptors (Lipinski definition) is 6. The Morgan fingerprint density at radius 2 is 1.74 bits per heavy atom. The lowest BCUT2D eigenvalue weighted by atomic mass is 9.96. The molecule has 0 bridgehead atoms. The standard InChI is InChI=1S/C24H22ClNO5/c1-4-31-24(29)20-12-15(23(28)19-13-16(25)5-10-21(19)27)11-14(2)22(20)26-17-6-8-18(30-3)9-7-17/h5-13,26-27H,4H2,1-3H3. The molecule has 0 saturated heterocycles. The number of carbonyl (C=O) groups is 2. The van der Waals surface area contributed by atoms with Gasteiger partial charge in [-0.3, -0.25) is 4.79 Å². The van der Waals surface area contributed by atoms with E-state index in [2.05, 4.69) is 5.32 Å². The minimum Gasteiger partial charge on any atom is -0.507 e. The Balaban J connectivity index is 2.06. The van der Waals surface area contributed by atoms with Crippen LogP contribution in [0.15, 0.2) is 54.6 Å². The molecule has 0 saturated carbocycles. The van der Waals surface area contributed by atoms with Crippen LogP contribution in [0.25, 0.3) is 0 Å². The number of rotatable bonds is 7. The lowest BCUT2D eigenvalue weighted by molar-refractivity contribution is 0.0527. The maximum absolute atomic E-state index is 13.0. The van der Waals surface area contributed by atoms with Crippen molar-refractivity contribution in [2.75, 3.05) is 19.0 Å². The van der Waals surface area contributed by atoms with E-state index in [0.717, 1.165) is 5.69 Å². The number of nitrogens with one attached hydrogen (secondary N) is 1. The van der Waals surface area contributed by atoms with Gasteiger partial charge in [-0.1, -0.05) is 11.6 Å². The Bertz CT molecular complexity index is 1130. The van der Waals surface area contributed by atoms with Gasteiger partial charge in [-0.2, -0.15) is 0 Å². The highest BCUT2D eigenvalue weighted by Crippen LogP contribution is 2.31. The molecule has 3 aromatic carbocycles. The van der Waals surface area contributed by atoms with Gasteiger partial charge in [0, 0.05) is 16.3 Å². The third kappa shape index (κ3) is 4.98. The quantitative estimate of drug-likeness (QED) is 0.372. The van der Waals surface area contributed by atoms with Crippen LogP contribution >= 0.6 is 11.6 Å². The maximum atomic E-state index is 13.0. The molecule has 6 nitrogen and oxygen atoms in total. The summed E-state index contributed by atoms with van der Waals surface area (Å²) in [5.74, 6) is -0.503. The van der Waals surface area contributed by atoms with Gasteiger partial charge in [0.2, 0.25) is 0 Å². The van der Waals surface area contributed by atoms with Gasteiger partial charge in [-0.15, -0.1) is 0 Å².